The Labute approximate surface area is 93.4 Å². The average Bonchev–Trinajstić information content (AvgIpc) is 2.58. The van der Waals surface area contributed by atoms with Crippen molar-refractivity contribution in [1.82, 2.24) is 10.2 Å². The molecule has 17 heavy (non-hydrogen) atoms. The fourth-order valence-corrected chi connectivity index (χ4v) is 1.20. The molecule has 1 aromatic heterocycles. The van der Waals surface area contributed by atoms with Crippen molar-refractivity contribution < 1.29 is 13.9 Å². The molecule has 0 amide bonds. The number of aliphatic imine (C=N–C) groups is 1. The Morgan fingerprint density at radius 1 is 1.29 bits per heavy atom. The van der Waals surface area contributed by atoms with Gasteiger partial charge in [0.25, 0.3) is 5.56 Å². The largest absolute Gasteiger partial charge is 0.493 e. The normalized spacial score (nSPS) is 11.2. The van der Waals surface area contributed by atoms with E-state index >= 15 is 0 Å². The Morgan fingerprint density at radius 2 is 2.06 bits per heavy atom. The molecule has 0 bridgehead atoms. The Bertz CT molecular complexity index is 631. The molecule has 5 nitrogen and oxygen atoms in total. The van der Waals surface area contributed by atoms with E-state index in [-0.39, 0.29) is 11.3 Å². The molecular weight excluding hydrogens is 232 g/mol. The van der Waals surface area contributed by atoms with E-state index in [0.717, 1.165) is 18.3 Å². The summed E-state index contributed by atoms with van der Waals surface area (Å²) in [5.41, 5.74) is -0.853. The molecule has 0 unspecified atom stereocenters. The molecule has 0 radical (unpaired) electrons. The van der Waals surface area contributed by atoms with Crippen molar-refractivity contribution in [2.75, 3.05) is 0 Å². The van der Waals surface area contributed by atoms with E-state index in [1.165, 1.54) is 0 Å². The van der Waals surface area contributed by atoms with Gasteiger partial charge in [-0.05, 0) is 12.1 Å². The highest BCUT2D eigenvalue weighted by atomic mass is 19.1. The van der Waals surface area contributed by atoms with Crippen LogP contribution in [0.2, 0.25) is 0 Å². The molecule has 0 fully saturated rings. The van der Waals surface area contributed by atoms with Gasteiger partial charge in [0.2, 0.25) is 5.88 Å². The summed E-state index contributed by atoms with van der Waals surface area (Å²) >= 11 is 0. The van der Waals surface area contributed by atoms with Gasteiger partial charge in [0.05, 0.1) is 5.69 Å². The molecule has 2 aromatic rings. The maximum absolute atomic E-state index is 13.2. The van der Waals surface area contributed by atoms with E-state index < -0.39 is 23.1 Å². The zero-order valence-electron chi connectivity index (χ0n) is 8.37. The van der Waals surface area contributed by atoms with E-state index in [2.05, 4.69) is 15.2 Å². The van der Waals surface area contributed by atoms with Gasteiger partial charge in [-0.3, -0.25) is 20.0 Å². The quantitative estimate of drug-likeness (QED) is 0.693. The molecule has 88 valence electrons. The molecule has 7 heteroatoms. The standard InChI is InChI=1S/C10H7F2N3O2/c11-5-1-2-8(7(12)3-5)13-4-6-9(16)14-15-10(6)17/h1-4H,(H3,14,15,16,17). The molecule has 0 aliphatic heterocycles. The number of aromatic hydroxyl groups is 1. The molecule has 0 aliphatic carbocycles. The average molecular weight is 239 g/mol. The second-order valence-electron chi connectivity index (χ2n) is 3.20. The maximum Gasteiger partial charge on any atom is 0.276 e. The first kappa shape index (κ1) is 11.1. The number of rotatable bonds is 2. The highest BCUT2D eigenvalue weighted by Gasteiger charge is 2.06. The monoisotopic (exact) mass is 239 g/mol. The second-order valence-corrected chi connectivity index (χ2v) is 3.20. The first-order chi connectivity index (χ1) is 8.08. The highest BCUT2D eigenvalue weighted by Crippen LogP contribution is 2.18. The Morgan fingerprint density at radius 3 is 2.65 bits per heavy atom. The van der Waals surface area contributed by atoms with Crippen LogP contribution in [0.4, 0.5) is 14.5 Å². The zero-order valence-corrected chi connectivity index (χ0v) is 8.37. The van der Waals surface area contributed by atoms with Gasteiger partial charge in [0, 0.05) is 12.3 Å². The minimum absolute atomic E-state index is 0.131. The lowest BCUT2D eigenvalue weighted by Gasteiger charge is -1.95. The van der Waals surface area contributed by atoms with Gasteiger partial charge in [-0.15, -0.1) is 0 Å². The SMILES string of the molecule is O=c1[nH][nH]c(O)c1C=Nc1ccc(F)cc1F. The number of nitrogens with one attached hydrogen (secondary N) is 2. The number of aromatic amines is 2. The van der Waals surface area contributed by atoms with Crippen LogP contribution in [0.3, 0.4) is 0 Å². The van der Waals surface area contributed by atoms with Crippen molar-refractivity contribution in [2.45, 2.75) is 0 Å². The maximum atomic E-state index is 13.2. The molecule has 0 saturated heterocycles. The predicted octanol–water partition coefficient (Wildman–Crippen LogP) is 1.44. The summed E-state index contributed by atoms with van der Waals surface area (Å²) in [5, 5.41) is 13.5. The van der Waals surface area contributed by atoms with Gasteiger partial charge in [-0.1, -0.05) is 0 Å². The van der Waals surface area contributed by atoms with Gasteiger partial charge in [0.1, 0.15) is 11.4 Å². The lowest BCUT2D eigenvalue weighted by Crippen LogP contribution is -2.04. The predicted molar refractivity (Wildman–Crippen MR) is 56.7 cm³/mol. The summed E-state index contributed by atoms with van der Waals surface area (Å²) in [6.07, 6.45) is 0.987. The van der Waals surface area contributed by atoms with Gasteiger partial charge in [-0.2, -0.15) is 0 Å². The van der Waals surface area contributed by atoms with Gasteiger partial charge in [0.15, 0.2) is 5.82 Å². The van der Waals surface area contributed by atoms with E-state index in [1.54, 1.807) is 0 Å². The topological polar surface area (TPSA) is 81.2 Å². The third-order valence-corrected chi connectivity index (χ3v) is 2.04. The van der Waals surface area contributed by atoms with Crippen LogP contribution in [0.5, 0.6) is 5.88 Å². The number of benzene rings is 1. The number of hydrogen-bond acceptors (Lipinski definition) is 3. The van der Waals surface area contributed by atoms with E-state index in [4.69, 9.17) is 0 Å². The van der Waals surface area contributed by atoms with Gasteiger partial charge < -0.3 is 5.11 Å². The molecule has 0 atom stereocenters. The third-order valence-electron chi connectivity index (χ3n) is 2.04. The lowest BCUT2D eigenvalue weighted by molar-refractivity contribution is 0.451. The van der Waals surface area contributed by atoms with Crippen LogP contribution in [-0.4, -0.2) is 21.5 Å². The minimum atomic E-state index is -0.854. The van der Waals surface area contributed by atoms with E-state index in [9.17, 15) is 18.7 Å². The van der Waals surface area contributed by atoms with Gasteiger partial charge >= 0.3 is 0 Å². The summed E-state index contributed by atoms with van der Waals surface area (Å²) in [6.45, 7) is 0. The summed E-state index contributed by atoms with van der Waals surface area (Å²) < 4.78 is 25.8. The number of aromatic nitrogens is 2. The second kappa shape index (κ2) is 4.20. The highest BCUT2D eigenvalue weighted by molar-refractivity contribution is 5.84. The molecule has 3 N–H and O–H groups in total. The summed E-state index contributed by atoms with van der Waals surface area (Å²) in [7, 11) is 0. The fourth-order valence-electron chi connectivity index (χ4n) is 1.20. The molecular formula is C10H7F2N3O2. The summed E-state index contributed by atoms with van der Waals surface area (Å²) in [6, 6.07) is 2.84. The van der Waals surface area contributed by atoms with E-state index in [1.807, 2.05) is 0 Å². The summed E-state index contributed by atoms with van der Waals surface area (Å²) in [4.78, 5) is 14.8. The number of halogens is 2. The van der Waals surface area contributed by atoms with Crippen LogP contribution in [0.25, 0.3) is 0 Å². The summed E-state index contributed by atoms with van der Waals surface area (Å²) in [5.74, 6) is -1.97. The molecule has 1 aromatic carbocycles. The molecule has 0 saturated carbocycles. The number of hydrogen-bond donors (Lipinski definition) is 3. The number of H-pyrrole nitrogens is 2. The Balaban J connectivity index is 2.36. The Hall–Kier alpha value is -2.44. The van der Waals surface area contributed by atoms with Crippen LogP contribution >= 0.6 is 0 Å². The molecule has 0 spiro atoms. The first-order valence-corrected chi connectivity index (χ1v) is 4.56. The third kappa shape index (κ3) is 2.22. The molecule has 1 heterocycles. The van der Waals surface area contributed by atoms with Crippen molar-refractivity contribution in [3.63, 3.8) is 0 Å². The van der Waals surface area contributed by atoms with Crippen LogP contribution < -0.4 is 5.56 Å². The molecule has 2 rings (SSSR count). The lowest BCUT2D eigenvalue weighted by atomic mass is 10.3. The van der Waals surface area contributed by atoms with Crippen LogP contribution in [-0.2, 0) is 0 Å². The van der Waals surface area contributed by atoms with Gasteiger partial charge in [-0.25, -0.2) is 8.78 Å². The molecule has 0 aliphatic rings. The number of nitrogens with zero attached hydrogens (tertiary/aromatic N) is 1. The van der Waals surface area contributed by atoms with E-state index in [0.29, 0.717) is 6.07 Å². The van der Waals surface area contributed by atoms with Crippen LogP contribution in [0, 0.1) is 11.6 Å². The van der Waals surface area contributed by atoms with Crippen molar-refractivity contribution in [2.24, 2.45) is 4.99 Å². The van der Waals surface area contributed by atoms with Crippen molar-refractivity contribution in [3.05, 3.63) is 45.8 Å². The smallest absolute Gasteiger partial charge is 0.276 e. The first-order valence-electron chi connectivity index (χ1n) is 4.56. The van der Waals surface area contributed by atoms with Crippen molar-refractivity contribution in [3.8, 4) is 5.88 Å². The van der Waals surface area contributed by atoms with Crippen molar-refractivity contribution in [1.29, 1.82) is 0 Å². The van der Waals surface area contributed by atoms with Crippen LogP contribution in [0.1, 0.15) is 5.56 Å². The van der Waals surface area contributed by atoms with Crippen molar-refractivity contribution >= 4 is 11.9 Å². The minimum Gasteiger partial charge on any atom is -0.493 e. The Kier molecular flexibility index (Phi) is 2.73. The fraction of sp³-hybridized carbons (Fsp3) is 0. The van der Waals surface area contributed by atoms with Crippen LogP contribution in [0.15, 0.2) is 28.0 Å². The zero-order chi connectivity index (χ0) is 12.4.